The molecule has 110 heavy (non-hydrogen) atoms. The Labute approximate surface area is 647 Å². The van der Waals surface area contributed by atoms with Gasteiger partial charge in [-0.15, -0.1) is 22.7 Å². The van der Waals surface area contributed by atoms with Crippen LogP contribution in [0.25, 0.3) is 84.1 Å². The third-order valence-corrected chi connectivity index (χ3v) is 24.4. The molecule has 0 saturated carbocycles. The van der Waals surface area contributed by atoms with Crippen LogP contribution in [0, 0.1) is 27.7 Å². The normalized spacial score (nSPS) is 12.5. The predicted molar refractivity (Wildman–Crippen MR) is 472 cm³/mol. The molecule has 4 heterocycles. The van der Waals surface area contributed by atoms with Crippen molar-refractivity contribution in [1.29, 1.82) is 0 Å². The van der Waals surface area contributed by atoms with Crippen molar-refractivity contribution in [2.75, 3.05) is 29.4 Å². The third-order valence-electron chi connectivity index (χ3n) is 22.1. The van der Waals surface area contributed by atoms with Crippen molar-refractivity contribution in [1.82, 2.24) is 0 Å². The molecule has 6 nitrogen and oxygen atoms in total. The average molecular weight is 1450 g/mol. The highest BCUT2D eigenvalue weighted by atomic mass is 32.1. The lowest BCUT2D eigenvalue weighted by molar-refractivity contribution is 1.17. The lowest BCUT2D eigenvalue weighted by Gasteiger charge is -2.41. The molecule has 0 unspecified atom stereocenters. The van der Waals surface area contributed by atoms with Crippen molar-refractivity contribution >= 4 is 187 Å². The fourth-order valence-corrected chi connectivity index (χ4v) is 19.5. The number of aryl methyl sites for hydroxylation is 4. The van der Waals surface area contributed by atoms with E-state index in [9.17, 15) is 0 Å². The molecule has 2 aliphatic rings. The minimum absolute atomic E-state index is 1.06. The van der Waals surface area contributed by atoms with Crippen molar-refractivity contribution in [2.45, 2.75) is 27.7 Å². The number of nitrogens with zero attached hydrogens (tertiary/aromatic N) is 6. The Hall–Kier alpha value is -13.5. The molecule has 0 N–H and O–H groups in total. The molecule has 0 spiro atoms. The number of hydrogen-bond acceptors (Lipinski definition) is 8. The summed E-state index contributed by atoms with van der Waals surface area (Å²) in [5, 5.41) is 9.66. The number of anilines is 18. The molecule has 0 saturated heterocycles. The standard InChI is InChI=1S/C102H72N6S2/c1-65-46-48-71(49-47-65)103(72-31-19-24-66(2)54-72)75-34-22-36-77(57-75)105-89-40-13-15-42-91(89)107(95-63-99-85(61-93(95)105)81-38-11-17-44-97(81)109-99)79-50-52-83-87(59-79)101(69-27-7-5-8-28-69)84-53-51-80(60-88(84)102(83)70-29-9-6-10-30-70)108-92-43-16-14-41-90(92)106(94-62-86-82-39-12-18-45-98(82)110-100(86)64-96(94)108)78-37-23-35-76(58-78)104(73-32-20-25-67(3)55-73)74-33-21-26-68(4)56-74/h5-64H,1-4H3. The van der Waals surface area contributed by atoms with E-state index in [4.69, 9.17) is 0 Å². The van der Waals surface area contributed by atoms with Gasteiger partial charge in [-0.3, -0.25) is 0 Å². The van der Waals surface area contributed by atoms with Crippen LogP contribution in [0.4, 0.5) is 102 Å². The molecular weight excluding hydrogens is 1370 g/mol. The maximum atomic E-state index is 2.53. The first-order valence-electron chi connectivity index (χ1n) is 37.7. The van der Waals surface area contributed by atoms with Gasteiger partial charge in [0.1, 0.15) is 0 Å². The van der Waals surface area contributed by atoms with Crippen molar-refractivity contribution in [3.05, 3.63) is 386 Å². The maximum absolute atomic E-state index is 2.53. The molecule has 2 aromatic heterocycles. The van der Waals surface area contributed by atoms with E-state index < -0.39 is 0 Å². The Balaban J connectivity index is 0.764. The summed E-state index contributed by atoms with van der Waals surface area (Å²) in [4.78, 5) is 14.9. The van der Waals surface area contributed by atoms with Gasteiger partial charge in [-0.25, -0.2) is 0 Å². The zero-order valence-corrected chi connectivity index (χ0v) is 62.8. The Kier molecular flexibility index (Phi) is 15.4. The first-order chi connectivity index (χ1) is 54.2. The minimum atomic E-state index is 1.06. The minimum Gasteiger partial charge on any atom is -0.310 e. The maximum Gasteiger partial charge on any atom is 0.0717 e. The highest BCUT2D eigenvalue weighted by Gasteiger charge is 2.36. The molecular formula is C102H72N6S2. The number of rotatable bonds is 12. The second-order valence-electron chi connectivity index (χ2n) is 29.2. The summed E-state index contributed by atoms with van der Waals surface area (Å²) in [6, 6.07) is 136. The van der Waals surface area contributed by atoms with Crippen LogP contribution in [0.15, 0.2) is 364 Å². The van der Waals surface area contributed by atoms with E-state index in [1.165, 1.54) is 95.3 Å². The molecule has 0 amide bonds. The molecule has 0 aliphatic carbocycles. The van der Waals surface area contributed by atoms with Crippen molar-refractivity contribution < 1.29 is 0 Å². The third kappa shape index (κ3) is 10.8. The smallest absolute Gasteiger partial charge is 0.0717 e. The summed E-state index contributed by atoms with van der Waals surface area (Å²) in [5.41, 5.74) is 29.1. The SMILES string of the molecule is Cc1ccc(N(c2cccc(C)c2)c2cccc(N3c4ccccc4N(c4ccc5c(-c6ccccc6)c6cc(N7c8ccccc8N(c8cccc(N(c9cccc(C)c9)c9cccc(C)c9)c8)c8cc9c(cc87)sc7ccccc79)ccc6c(-c6ccccc6)c5c4)c4cc5sc6ccccc6c5cc43)c2)cc1. The van der Waals surface area contributed by atoms with Crippen LogP contribution in [0.5, 0.6) is 0 Å². The zero-order valence-electron chi connectivity index (χ0n) is 61.1. The van der Waals surface area contributed by atoms with Crippen LogP contribution >= 0.6 is 22.7 Å². The molecule has 8 heteroatoms. The fourth-order valence-electron chi connectivity index (χ4n) is 17.3. The summed E-state index contributed by atoms with van der Waals surface area (Å²) in [5.74, 6) is 0. The van der Waals surface area contributed by atoms with Gasteiger partial charge in [0.05, 0.1) is 45.5 Å². The number of benzene rings is 17. The van der Waals surface area contributed by atoms with Crippen LogP contribution < -0.4 is 29.4 Å². The Morgan fingerprint density at radius 1 is 0.191 bits per heavy atom. The van der Waals surface area contributed by atoms with Crippen LogP contribution in [0.2, 0.25) is 0 Å². The van der Waals surface area contributed by atoms with Gasteiger partial charge >= 0.3 is 0 Å². The topological polar surface area (TPSA) is 19.4 Å². The number of hydrogen-bond donors (Lipinski definition) is 0. The van der Waals surface area contributed by atoms with Crippen molar-refractivity contribution in [3.63, 3.8) is 0 Å². The summed E-state index contributed by atoms with van der Waals surface area (Å²) in [7, 11) is 0. The van der Waals surface area contributed by atoms with Gasteiger partial charge in [-0.1, -0.05) is 200 Å². The van der Waals surface area contributed by atoms with Gasteiger partial charge in [0.15, 0.2) is 0 Å². The Morgan fingerprint density at radius 2 is 0.527 bits per heavy atom. The van der Waals surface area contributed by atoms with Gasteiger partial charge in [-0.05, 0) is 258 Å². The molecule has 0 bridgehead atoms. The first-order valence-corrected chi connectivity index (χ1v) is 39.3. The van der Waals surface area contributed by atoms with Crippen LogP contribution in [0.3, 0.4) is 0 Å². The highest BCUT2D eigenvalue weighted by molar-refractivity contribution is 7.26. The van der Waals surface area contributed by atoms with E-state index in [0.29, 0.717) is 0 Å². The zero-order chi connectivity index (χ0) is 73.2. The van der Waals surface area contributed by atoms with E-state index in [2.05, 4.69) is 421 Å². The number of para-hydroxylation sites is 4. The summed E-state index contributed by atoms with van der Waals surface area (Å²) >= 11 is 3.73. The summed E-state index contributed by atoms with van der Waals surface area (Å²) < 4.78 is 5.00. The van der Waals surface area contributed by atoms with E-state index in [1.54, 1.807) is 0 Å². The molecule has 0 atom stereocenters. The number of thiophene rings is 2. The second kappa shape index (κ2) is 26.2. The van der Waals surface area contributed by atoms with Crippen molar-refractivity contribution in [3.8, 4) is 22.3 Å². The van der Waals surface area contributed by atoms with E-state index in [-0.39, 0.29) is 0 Å². The van der Waals surface area contributed by atoms with Gasteiger partial charge in [0, 0.05) is 97.2 Å². The van der Waals surface area contributed by atoms with Gasteiger partial charge in [0.2, 0.25) is 0 Å². The van der Waals surface area contributed by atoms with Crippen LogP contribution in [-0.2, 0) is 0 Å². The van der Waals surface area contributed by atoms with Crippen LogP contribution in [-0.4, -0.2) is 0 Å². The quantitative estimate of drug-likeness (QED) is 0.113. The second-order valence-corrected chi connectivity index (χ2v) is 31.4. The molecule has 0 fully saturated rings. The number of fused-ring (bicyclic) bond motifs is 12. The largest absolute Gasteiger partial charge is 0.310 e. The molecule has 522 valence electrons. The van der Waals surface area contributed by atoms with Crippen LogP contribution in [0.1, 0.15) is 22.3 Å². The predicted octanol–water partition coefficient (Wildman–Crippen LogP) is 30.7. The Bertz CT molecular complexity index is 6810. The Morgan fingerprint density at radius 3 is 0.927 bits per heavy atom. The highest BCUT2D eigenvalue weighted by Crippen LogP contribution is 2.61. The molecule has 0 radical (unpaired) electrons. The van der Waals surface area contributed by atoms with Gasteiger partial charge in [0.25, 0.3) is 0 Å². The van der Waals surface area contributed by atoms with Crippen molar-refractivity contribution in [2.24, 2.45) is 0 Å². The van der Waals surface area contributed by atoms with Gasteiger partial charge in [-0.2, -0.15) is 0 Å². The molecule has 17 aromatic carbocycles. The average Bonchev–Trinajstić information content (AvgIpc) is 1.11. The lowest BCUT2D eigenvalue weighted by atomic mass is 9.85. The lowest BCUT2D eigenvalue weighted by Crippen LogP contribution is -2.24. The summed E-state index contributed by atoms with van der Waals surface area (Å²) in [6.07, 6.45) is 0. The molecule has 2 aliphatic heterocycles. The molecule has 21 rings (SSSR count). The first kappa shape index (κ1) is 64.8. The summed E-state index contributed by atoms with van der Waals surface area (Å²) in [6.45, 7) is 8.67. The fraction of sp³-hybridized carbons (Fsp3) is 0.0392. The van der Waals surface area contributed by atoms with E-state index in [1.807, 2.05) is 22.7 Å². The van der Waals surface area contributed by atoms with Gasteiger partial charge < -0.3 is 29.4 Å². The van der Waals surface area contributed by atoms with E-state index in [0.717, 1.165) is 113 Å². The monoisotopic (exact) mass is 1440 g/mol. The van der Waals surface area contributed by atoms with E-state index >= 15 is 0 Å². The molecule has 19 aromatic rings.